The number of para-hydroxylation sites is 1. The Labute approximate surface area is 109 Å². The van der Waals surface area contributed by atoms with Crippen molar-refractivity contribution >= 4 is 17.0 Å². The molecule has 0 saturated heterocycles. The van der Waals surface area contributed by atoms with E-state index in [-0.39, 0.29) is 5.82 Å². The average molecular weight is 257 g/mol. The van der Waals surface area contributed by atoms with Crippen molar-refractivity contribution in [1.82, 2.24) is 9.55 Å². The fourth-order valence-electron chi connectivity index (χ4n) is 2.14. The van der Waals surface area contributed by atoms with E-state index in [0.29, 0.717) is 22.9 Å². The predicted octanol–water partition coefficient (Wildman–Crippen LogP) is 2.76. The van der Waals surface area contributed by atoms with E-state index in [4.69, 9.17) is 10.5 Å². The normalized spacial score (nSPS) is 10.8. The van der Waals surface area contributed by atoms with Crippen molar-refractivity contribution in [1.29, 1.82) is 0 Å². The number of fused-ring (bicyclic) bond motifs is 1. The molecule has 4 nitrogen and oxygen atoms in total. The van der Waals surface area contributed by atoms with E-state index in [1.807, 2.05) is 18.2 Å². The minimum Gasteiger partial charge on any atom is -0.494 e. The average Bonchev–Trinajstić information content (AvgIpc) is 2.74. The zero-order chi connectivity index (χ0) is 13.4. The summed E-state index contributed by atoms with van der Waals surface area (Å²) >= 11 is 0. The number of rotatable bonds is 2. The molecule has 96 valence electrons. The number of nitrogens with two attached hydrogens (primary N) is 1. The van der Waals surface area contributed by atoms with Crippen LogP contribution < -0.4 is 10.5 Å². The molecule has 3 rings (SSSR count). The predicted molar refractivity (Wildman–Crippen MR) is 72.0 cm³/mol. The largest absolute Gasteiger partial charge is 0.494 e. The van der Waals surface area contributed by atoms with Crippen LogP contribution in [0.3, 0.4) is 0 Å². The Bertz CT molecular complexity index is 752. The fraction of sp³-hybridized carbons (Fsp3) is 0.0714. The second-order valence-electron chi connectivity index (χ2n) is 4.11. The van der Waals surface area contributed by atoms with Gasteiger partial charge in [0.25, 0.3) is 0 Å². The van der Waals surface area contributed by atoms with Crippen LogP contribution in [0.5, 0.6) is 5.75 Å². The summed E-state index contributed by atoms with van der Waals surface area (Å²) in [5, 5.41) is 0. The summed E-state index contributed by atoms with van der Waals surface area (Å²) in [7, 11) is 1.58. The van der Waals surface area contributed by atoms with Crippen LogP contribution in [0.25, 0.3) is 16.7 Å². The lowest BCUT2D eigenvalue weighted by atomic mass is 10.2. The molecule has 3 aromatic rings. The molecule has 2 N–H and O–H groups in total. The number of halogens is 1. The zero-order valence-electron chi connectivity index (χ0n) is 10.3. The number of aromatic nitrogens is 2. The van der Waals surface area contributed by atoms with E-state index >= 15 is 0 Å². The first-order valence-electron chi connectivity index (χ1n) is 5.77. The molecule has 0 fully saturated rings. The first-order valence-corrected chi connectivity index (χ1v) is 5.77. The maximum Gasteiger partial charge on any atom is 0.206 e. The molecule has 1 heterocycles. The Balaban J connectivity index is 2.32. The van der Waals surface area contributed by atoms with Crippen molar-refractivity contribution in [2.75, 3.05) is 12.8 Å². The number of nitrogen functional groups attached to an aromatic ring is 1. The van der Waals surface area contributed by atoms with E-state index < -0.39 is 0 Å². The van der Waals surface area contributed by atoms with Gasteiger partial charge in [0.05, 0.1) is 18.3 Å². The highest BCUT2D eigenvalue weighted by Crippen LogP contribution is 2.29. The van der Waals surface area contributed by atoms with Crippen molar-refractivity contribution in [3.8, 4) is 11.4 Å². The van der Waals surface area contributed by atoms with Crippen LogP contribution in [0.1, 0.15) is 0 Å². The molecule has 0 aliphatic carbocycles. The highest BCUT2D eigenvalue weighted by atomic mass is 19.1. The molecule has 2 aromatic carbocycles. The lowest BCUT2D eigenvalue weighted by molar-refractivity contribution is 0.419. The van der Waals surface area contributed by atoms with Gasteiger partial charge in [-0.15, -0.1) is 0 Å². The van der Waals surface area contributed by atoms with Gasteiger partial charge in [0.1, 0.15) is 17.1 Å². The smallest absolute Gasteiger partial charge is 0.206 e. The Morgan fingerprint density at radius 3 is 2.74 bits per heavy atom. The second kappa shape index (κ2) is 4.28. The van der Waals surface area contributed by atoms with Crippen LogP contribution in [-0.4, -0.2) is 16.7 Å². The summed E-state index contributed by atoms with van der Waals surface area (Å²) in [6, 6.07) is 11.7. The Morgan fingerprint density at radius 1 is 1.21 bits per heavy atom. The van der Waals surface area contributed by atoms with Crippen LogP contribution in [-0.2, 0) is 0 Å². The van der Waals surface area contributed by atoms with Gasteiger partial charge in [-0.1, -0.05) is 12.1 Å². The van der Waals surface area contributed by atoms with Crippen LogP contribution >= 0.6 is 0 Å². The van der Waals surface area contributed by atoms with Gasteiger partial charge < -0.3 is 10.5 Å². The molecule has 0 bridgehead atoms. The van der Waals surface area contributed by atoms with Gasteiger partial charge in [0.15, 0.2) is 0 Å². The maximum atomic E-state index is 13.3. The summed E-state index contributed by atoms with van der Waals surface area (Å²) in [6.07, 6.45) is 0. The summed E-state index contributed by atoms with van der Waals surface area (Å²) < 4.78 is 20.3. The van der Waals surface area contributed by atoms with Crippen LogP contribution in [0.4, 0.5) is 10.3 Å². The van der Waals surface area contributed by atoms with E-state index in [9.17, 15) is 4.39 Å². The number of anilines is 1. The minimum absolute atomic E-state index is 0.296. The summed E-state index contributed by atoms with van der Waals surface area (Å²) in [5.74, 6) is 0.617. The first-order chi connectivity index (χ1) is 9.20. The molecule has 0 radical (unpaired) electrons. The lowest BCUT2D eigenvalue weighted by Gasteiger charge is -2.06. The van der Waals surface area contributed by atoms with Crippen molar-refractivity contribution in [2.45, 2.75) is 0 Å². The van der Waals surface area contributed by atoms with Gasteiger partial charge in [-0.2, -0.15) is 0 Å². The number of methoxy groups -OCH3 is 1. The van der Waals surface area contributed by atoms with Gasteiger partial charge in [0.2, 0.25) is 5.95 Å². The number of hydrogen-bond donors (Lipinski definition) is 1. The highest BCUT2D eigenvalue weighted by Gasteiger charge is 2.13. The highest BCUT2D eigenvalue weighted by molar-refractivity contribution is 5.86. The molecule has 1 aromatic heterocycles. The van der Waals surface area contributed by atoms with E-state index in [0.717, 1.165) is 5.52 Å². The molecular weight excluding hydrogens is 245 g/mol. The molecule has 0 amide bonds. The zero-order valence-corrected chi connectivity index (χ0v) is 10.3. The number of nitrogens with zero attached hydrogens (tertiary/aromatic N) is 2. The van der Waals surface area contributed by atoms with Gasteiger partial charge in [-0.05, 0) is 30.3 Å². The van der Waals surface area contributed by atoms with Gasteiger partial charge in [-0.25, -0.2) is 9.37 Å². The first kappa shape index (κ1) is 11.5. The molecule has 0 saturated carbocycles. The van der Waals surface area contributed by atoms with Gasteiger partial charge in [-0.3, -0.25) is 4.57 Å². The second-order valence-corrected chi connectivity index (χ2v) is 4.11. The SMILES string of the molecule is COc1cccc2c1nc(N)n2-c1cccc(F)c1. The number of ether oxygens (including phenoxy) is 1. The molecule has 0 aliphatic rings. The van der Waals surface area contributed by atoms with Gasteiger partial charge in [0, 0.05) is 0 Å². The Hall–Kier alpha value is -2.56. The quantitative estimate of drug-likeness (QED) is 0.768. The maximum absolute atomic E-state index is 13.3. The summed E-state index contributed by atoms with van der Waals surface area (Å²) in [4.78, 5) is 4.28. The lowest BCUT2D eigenvalue weighted by Crippen LogP contribution is -2.00. The summed E-state index contributed by atoms with van der Waals surface area (Å²) in [5.41, 5.74) is 8.00. The van der Waals surface area contributed by atoms with Crippen LogP contribution in [0.2, 0.25) is 0 Å². The topological polar surface area (TPSA) is 53.1 Å². The number of benzene rings is 2. The molecular formula is C14H12FN3O. The van der Waals surface area contributed by atoms with E-state index in [1.54, 1.807) is 23.8 Å². The minimum atomic E-state index is -0.318. The third kappa shape index (κ3) is 1.79. The molecule has 19 heavy (non-hydrogen) atoms. The summed E-state index contributed by atoms with van der Waals surface area (Å²) in [6.45, 7) is 0. The van der Waals surface area contributed by atoms with Crippen LogP contribution in [0, 0.1) is 5.82 Å². The Kier molecular flexibility index (Phi) is 2.59. The van der Waals surface area contributed by atoms with Crippen molar-refractivity contribution < 1.29 is 9.13 Å². The third-order valence-electron chi connectivity index (χ3n) is 2.96. The molecule has 0 spiro atoms. The van der Waals surface area contributed by atoms with E-state index in [2.05, 4.69) is 4.98 Å². The van der Waals surface area contributed by atoms with E-state index in [1.165, 1.54) is 12.1 Å². The van der Waals surface area contributed by atoms with Crippen LogP contribution in [0.15, 0.2) is 42.5 Å². The molecule has 5 heteroatoms. The number of hydrogen-bond acceptors (Lipinski definition) is 3. The fourth-order valence-corrected chi connectivity index (χ4v) is 2.14. The van der Waals surface area contributed by atoms with Gasteiger partial charge >= 0.3 is 0 Å². The molecule has 0 aliphatic heterocycles. The standard InChI is InChI=1S/C14H12FN3O/c1-19-12-7-3-6-11-13(12)17-14(16)18(11)10-5-2-4-9(15)8-10/h2-8H,1H3,(H2,16,17). The number of imidazole rings is 1. The van der Waals surface area contributed by atoms with Crippen molar-refractivity contribution in [3.63, 3.8) is 0 Å². The monoisotopic (exact) mass is 257 g/mol. The molecule has 0 atom stereocenters. The van der Waals surface area contributed by atoms with Crippen molar-refractivity contribution in [3.05, 3.63) is 48.3 Å². The third-order valence-corrected chi connectivity index (χ3v) is 2.96. The van der Waals surface area contributed by atoms with Crippen molar-refractivity contribution in [2.24, 2.45) is 0 Å². The molecule has 0 unspecified atom stereocenters. The Morgan fingerprint density at radius 2 is 2.00 bits per heavy atom.